The number of benzene rings is 2. The SMILES string of the molecule is Cc1ccc(C)c(Sc2ccc(NC(=O)CSc3nnc(-c4ccncc4)n3C)cc2)c1. The highest BCUT2D eigenvalue weighted by atomic mass is 32.2. The van der Waals surface area contributed by atoms with Crippen molar-refractivity contribution in [3.8, 4) is 11.4 Å². The van der Waals surface area contributed by atoms with E-state index in [0.717, 1.165) is 22.0 Å². The van der Waals surface area contributed by atoms with Crippen LogP contribution < -0.4 is 5.32 Å². The van der Waals surface area contributed by atoms with Gasteiger partial charge in [-0.15, -0.1) is 10.2 Å². The molecule has 0 unspecified atom stereocenters. The van der Waals surface area contributed by atoms with Crippen LogP contribution in [0, 0.1) is 13.8 Å². The van der Waals surface area contributed by atoms with Crippen molar-refractivity contribution in [2.24, 2.45) is 7.05 Å². The Bertz CT molecular complexity index is 1220. The summed E-state index contributed by atoms with van der Waals surface area (Å²) in [6.07, 6.45) is 3.44. The fraction of sp³-hybridized carbons (Fsp3) is 0.167. The Kier molecular flexibility index (Phi) is 6.92. The number of pyridine rings is 1. The van der Waals surface area contributed by atoms with Crippen molar-refractivity contribution in [1.82, 2.24) is 19.7 Å². The monoisotopic (exact) mass is 461 g/mol. The molecular weight excluding hydrogens is 438 g/mol. The van der Waals surface area contributed by atoms with E-state index in [0.29, 0.717) is 5.16 Å². The van der Waals surface area contributed by atoms with E-state index in [1.54, 1.807) is 24.2 Å². The van der Waals surface area contributed by atoms with Gasteiger partial charge in [0.05, 0.1) is 5.75 Å². The molecule has 32 heavy (non-hydrogen) atoms. The average molecular weight is 462 g/mol. The second-order valence-corrected chi connectivity index (χ2v) is 9.39. The molecule has 8 heteroatoms. The Morgan fingerprint density at radius 2 is 1.75 bits per heavy atom. The number of aromatic nitrogens is 4. The molecule has 0 aliphatic heterocycles. The zero-order chi connectivity index (χ0) is 22.5. The van der Waals surface area contributed by atoms with Crippen LogP contribution in [0.5, 0.6) is 0 Å². The minimum atomic E-state index is -0.0848. The first-order chi connectivity index (χ1) is 15.5. The Morgan fingerprint density at radius 3 is 2.50 bits per heavy atom. The molecule has 0 bridgehead atoms. The third-order valence-corrected chi connectivity index (χ3v) is 7.00. The number of anilines is 1. The van der Waals surface area contributed by atoms with Gasteiger partial charge in [0.15, 0.2) is 11.0 Å². The van der Waals surface area contributed by atoms with E-state index in [2.05, 4.69) is 52.5 Å². The first-order valence-corrected chi connectivity index (χ1v) is 11.9. The van der Waals surface area contributed by atoms with Crippen molar-refractivity contribution in [3.63, 3.8) is 0 Å². The molecule has 0 atom stereocenters. The largest absolute Gasteiger partial charge is 0.325 e. The minimum Gasteiger partial charge on any atom is -0.325 e. The first-order valence-electron chi connectivity index (χ1n) is 10.1. The molecule has 162 valence electrons. The lowest BCUT2D eigenvalue weighted by molar-refractivity contribution is -0.113. The van der Waals surface area contributed by atoms with Crippen LogP contribution >= 0.6 is 23.5 Å². The van der Waals surface area contributed by atoms with Gasteiger partial charge in [-0.1, -0.05) is 35.7 Å². The van der Waals surface area contributed by atoms with Crippen LogP contribution in [-0.2, 0) is 11.8 Å². The van der Waals surface area contributed by atoms with Crippen LogP contribution in [0.2, 0.25) is 0 Å². The van der Waals surface area contributed by atoms with Crippen molar-refractivity contribution in [2.45, 2.75) is 28.8 Å². The van der Waals surface area contributed by atoms with Gasteiger partial charge >= 0.3 is 0 Å². The van der Waals surface area contributed by atoms with Crippen LogP contribution in [0.4, 0.5) is 5.69 Å². The number of nitrogens with zero attached hydrogens (tertiary/aromatic N) is 4. The Balaban J connectivity index is 1.33. The van der Waals surface area contributed by atoms with Gasteiger partial charge in [0, 0.05) is 40.5 Å². The lowest BCUT2D eigenvalue weighted by Crippen LogP contribution is -2.14. The molecule has 0 radical (unpaired) electrons. The third kappa shape index (κ3) is 5.38. The number of thioether (sulfide) groups is 1. The Morgan fingerprint density at radius 1 is 1.00 bits per heavy atom. The topological polar surface area (TPSA) is 72.7 Å². The molecule has 0 aliphatic rings. The molecule has 0 saturated heterocycles. The number of carbonyl (C=O) groups is 1. The maximum atomic E-state index is 12.4. The quantitative estimate of drug-likeness (QED) is 0.373. The lowest BCUT2D eigenvalue weighted by atomic mass is 10.2. The van der Waals surface area contributed by atoms with Crippen molar-refractivity contribution in [2.75, 3.05) is 11.1 Å². The number of rotatable bonds is 7. The summed E-state index contributed by atoms with van der Waals surface area (Å²) in [6, 6.07) is 18.1. The van der Waals surface area contributed by atoms with E-state index < -0.39 is 0 Å². The third-order valence-electron chi connectivity index (χ3n) is 4.82. The molecule has 1 amide bonds. The highest BCUT2D eigenvalue weighted by molar-refractivity contribution is 7.99. The van der Waals surface area contributed by atoms with Crippen LogP contribution in [0.1, 0.15) is 11.1 Å². The molecule has 0 aliphatic carbocycles. The van der Waals surface area contributed by atoms with Crippen molar-refractivity contribution in [1.29, 1.82) is 0 Å². The highest BCUT2D eigenvalue weighted by Crippen LogP contribution is 2.31. The molecular formula is C24H23N5OS2. The summed E-state index contributed by atoms with van der Waals surface area (Å²) in [4.78, 5) is 18.8. The number of aryl methyl sites for hydroxylation is 2. The number of nitrogens with one attached hydrogen (secondary N) is 1. The van der Waals surface area contributed by atoms with Crippen LogP contribution in [-0.4, -0.2) is 31.4 Å². The molecule has 0 spiro atoms. The van der Waals surface area contributed by atoms with Gasteiger partial charge in [-0.3, -0.25) is 9.78 Å². The molecule has 2 aromatic heterocycles. The van der Waals surface area contributed by atoms with Crippen LogP contribution in [0.15, 0.2) is 81.9 Å². The summed E-state index contributed by atoms with van der Waals surface area (Å²) >= 11 is 3.08. The minimum absolute atomic E-state index is 0.0848. The summed E-state index contributed by atoms with van der Waals surface area (Å²) in [5.74, 6) is 0.909. The summed E-state index contributed by atoms with van der Waals surface area (Å²) in [5, 5.41) is 12.1. The fourth-order valence-corrected chi connectivity index (χ4v) is 4.78. The Labute approximate surface area is 195 Å². The molecule has 0 saturated carbocycles. The van der Waals surface area contributed by atoms with Gasteiger partial charge in [-0.25, -0.2) is 0 Å². The van der Waals surface area contributed by atoms with Crippen LogP contribution in [0.25, 0.3) is 11.4 Å². The number of hydrogen-bond acceptors (Lipinski definition) is 6. The fourth-order valence-electron chi connectivity index (χ4n) is 3.07. The molecule has 1 N–H and O–H groups in total. The van der Waals surface area contributed by atoms with E-state index in [-0.39, 0.29) is 11.7 Å². The number of hydrogen-bond donors (Lipinski definition) is 1. The van der Waals surface area contributed by atoms with Gasteiger partial charge in [0.2, 0.25) is 5.91 Å². The standard InChI is InChI=1S/C24H23N5OS2/c1-16-4-5-17(2)21(14-16)32-20-8-6-19(7-9-20)26-22(30)15-31-24-28-27-23(29(24)3)18-10-12-25-13-11-18/h4-14H,15H2,1-3H3,(H,26,30). The molecule has 0 fully saturated rings. The zero-order valence-corrected chi connectivity index (χ0v) is 19.7. The maximum absolute atomic E-state index is 12.4. The predicted molar refractivity (Wildman–Crippen MR) is 130 cm³/mol. The van der Waals surface area contributed by atoms with Gasteiger partial charge in [0.25, 0.3) is 0 Å². The molecule has 2 aromatic carbocycles. The summed E-state index contributed by atoms with van der Waals surface area (Å²) in [7, 11) is 1.89. The van der Waals surface area contributed by atoms with E-state index in [4.69, 9.17) is 0 Å². The van der Waals surface area contributed by atoms with Crippen molar-refractivity contribution < 1.29 is 4.79 Å². The number of carbonyl (C=O) groups excluding carboxylic acids is 1. The predicted octanol–water partition coefficient (Wildman–Crippen LogP) is 5.38. The average Bonchev–Trinajstić information content (AvgIpc) is 3.17. The molecule has 4 rings (SSSR count). The summed E-state index contributed by atoms with van der Waals surface area (Å²) in [5.41, 5.74) is 4.21. The Hall–Kier alpha value is -3.10. The molecule has 2 heterocycles. The summed E-state index contributed by atoms with van der Waals surface area (Å²) < 4.78 is 1.88. The second kappa shape index (κ2) is 10.0. The first kappa shape index (κ1) is 22.1. The zero-order valence-electron chi connectivity index (χ0n) is 18.1. The van der Waals surface area contributed by atoms with E-state index in [9.17, 15) is 4.79 Å². The molecule has 6 nitrogen and oxygen atoms in total. The highest BCUT2D eigenvalue weighted by Gasteiger charge is 2.13. The normalized spacial score (nSPS) is 10.8. The van der Waals surface area contributed by atoms with Gasteiger partial charge in [-0.05, 0) is 67.4 Å². The van der Waals surface area contributed by atoms with E-state index >= 15 is 0 Å². The van der Waals surface area contributed by atoms with Crippen molar-refractivity contribution in [3.05, 3.63) is 78.1 Å². The van der Waals surface area contributed by atoms with Gasteiger partial charge in [0.1, 0.15) is 0 Å². The van der Waals surface area contributed by atoms with E-state index in [1.165, 1.54) is 27.8 Å². The lowest BCUT2D eigenvalue weighted by Gasteiger charge is -2.09. The van der Waals surface area contributed by atoms with E-state index in [1.807, 2.05) is 48.0 Å². The molecule has 4 aromatic rings. The van der Waals surface area contributed by atoms with Crippen LogP contribution in [0.3, 0.4) is 0 Å². The summed E-state index contributed by atoms with van der Waals surface area (Å²) in [6.45, 7) is 4.21. The second-order valence-electron chi connectivity index (χ2n) is 7.33. The van der Waals surface area contributed by atoms with Crippen molar-refractivity contribution >= 4 is 35.1 Å². The number of amides is 1. The maximum Gasteiger partial charge on any atom is 0.234 e. The van der Waals surface area contributed by atoms with Gasteiger partial charge in [-0.2, -0.15) is 0 Å². The smallest absolute Gasteiger partial charge is 0.234 e. The van der Waals surface area contributed by atoms with Gasteiger partial charge < -0.3 is 9.88 Å².